The highest BCUT2D eigenvalue weighted by atomic mass is 35.5. The third kappa shape index (κ3) is 6.03. The van der Waals surface area contributed by atoms with Gasteiger partial charge in [-0.2, -0.15) is 0 Å². The lowest BCUT2D eigenvalue weighted by Crippen LogP contribution is -2.39. The van der Waals surface area contributed by atoms with Crippen molar-refractivity contribution < 1.29 is 19.0 Å². The Morgan fingerprint density at radius 2 is 1.40 bits per heavy atom. The van der Waals surface area contributed by atoms with E-state index in [9.17, 15) is 4.79 Å². The fourth-order valence-corrected chi connectivity index (χ4v) is 3.21. The average Bonchev–Trinajstić information content (AvgIpc) is 2.76. The van der Waals surface area contributed by atoms with Gasteiger partial charge in [0, 0.05) is 24.3 Å². The summed E-state index contributed by atoms with van der Waals surface area (Å²) in [7, 11) is 4.64. The van der Waals surface area contributed by atoms with E-state index >= 15 is 0 Å². The maximum Gasteiger partial charge on any atom is 0.258 e. The van der Waals surface area contributed by atoms with Gasteiger partial charge in [-0.05, 0) is 44.3 Å². The van der Waals surface area contributed by atoms with Gasteiger partial charge in [-0.25, -0.2) is 0 Å². The number of hydrogen-bond donors (Lipinski definition) is 0. The molecule has 30 heavy (non-hydrogen) atoms. The van der Waals surface area contributed by atoms with Crippen LogP contribution in [0.2, 0.25) is 0 Å². The molecule has 0 saturated carbocycles. The highest BCUT2D eigenvalue weighted by Gasteiger charge is 2.22. The Labute approximate surface area is 186 Å². The number of likely N-dealkylation sites (N-methyl/N-ethyl adjacent to an activating group) is 1. The first-order valence-electron chi connectivity index (χ1n) is 9.89. The minimum absolute atomic E-state index is 0. The zero-order chi connectivity index (χ0) is 21.4. The summed E-state index contributed by atoms with van der Waals surface area (Å²) in [6, 6.07) is 11.4. The third-order valence-electron chi connectivity index (χ3n) is 5.04. The summed E-state index contributed by atoms with van der Waals surface area (Å²) in [6.07, 6.45) is 0. The number of aryl methyl sites for hydroxylation is 1. The fourth-order valence-electron chi connectivity index (χ4n) is 3.21. The van der Waals surface area contributed by atoms with E-state index in [1.165, 1.54) is 0 Å². The Morgan fingerprint density at radius 1 is 0.867 bits per heavy atom. The molecule has 6 nitrogen and oxygen atoms in total. The molecule has 0 aliphatic carbocycles. The first-order chi connectivity index (χ1) is 14.0. The molecule has 0 aromatic heterocycles. The van der Waals surface area contributed by atoms with Crippen molar-refractivity contribution in [1.29, 1.82) is 0 Å². The van der Waals surface area contributed by atoms with Gasteiger partial charge in [-0.15, -0.1) is 12.4 Å². The molecule has 0 bridgehead atoms. The molecule has 2 aromatic carbocycles. The number of rotatable bonds is 10. The highest BCUT2D eigenvalue weighted by molar-refractivity contribution is 6.06. The van der Waals surface area contributed by atoms with Crippen molar-refractivity contribution in [2.45, 2.75) is 20.8 Å². The Morgan fingerprint density at radius 3 is 1.83 bits per heavy atom. The zero-order valence-corrected chi connectivity index (χ0v) is 19.5. The smallest absolute Gasteiger partial charge is 0.258 e. The van der Waals surface area contributed by atoms with Crippen molar-refractivity contribution in [2.75, 3.05) is 52.4 Å². The molecule has 7 heteroatoms. The SMILES string of the molecule is CCN(CC)CCN(C(=O)c1cc(OC)c(OC)c(OC)c1)c1ccc(C)cc1.Cl. The Hall–Kier alpha value is -2.44. The second-order valence-electron chi connectivity index (χ2n) is 6.73. The van der Waals surface area contributed by atoms with Gasteiger partial charge in [-0.3, -0.25) is 4.79 Å². The lowest BCUT2D eigenvalue weighted by Gasteiger charge is -2.27. The van der Waals surface area contributed by atoms with Crippen molar-refractivity contribution in [3.05, 3.63) is 47.5 Å². The van der Waals surface area contributed by atoms with Crippen LogP contribution in [0.5, 0.6) is 17.2 Å². The summed E-state index contributed by atoms with van der Waals surface area (Å²) in [5, 5.41) is 0. The number of methoxy groups -OCH3 is 3. The molecular formula is C23H33ClN2O4. The predicted octanol–water partition coefficient (Wildman–Crippen LogP) is 4.43. The Balaban J connectivity index is 0.00000450. The van der Waals surface area contributed by atoms with Gasteiger partial charge in [0.15, 0.2) is 11.5 Å². The summed E-state index contributed by atoms with van der Waals surface area (Å²) in [6.45, 7) is 9.54. The quantitative estimate of drug-likeness (QED) is 0.551. The Bertz CT molecular complexity index is 782. The first kappa shape index (κ1) is 25.6. The molecule has 0 spiro atoms. The van der Waals surface area contributed by atoms with Crippen LogP contribution in [0.25, 0.3) is 0 Å². The number of halogens is 1. The molecule has 2 aromatic rings. The minimum atomic E-state index is -0.111. The molecular weight excluding hydrogens is 404 g/mol. The number of hydrogen-bond acceptors (Lipinski definition) is 5. The number of amides is 1. The van der Waals surface area contributed by atoms with Gasteiger partial charge in [0.2, 0.25) is 5.75 Å². The van der Waals surface area contributed by atoms with E-state index in [4.69, 9.17) is 14.2 Å². The third-order valence-corrected chi connectivity index (χ3v) is 5.04. The van der Waals surface area contributed by atoms with Crippen LogP contribution in [0.1, 0.15) is 29.8 Å². The first-order valence-corrected chi connectivity index (χ1v) is 9.89. The van der Waals surface area contributed by atoms with Crippen LogP contribution in [0.15, 0.2) is 36.4 Å². The predicted molar refractivity (Wildman–Crippen MR) is 124 cm³/mol. The lowest BCUT2D eigenvalue weighted by molar-refractivity contribution is 0.0983. The van der Waals surface area contributed by atoms with Crippen LogP contribution in [-0.2, 0) is 0 Å². The van der Waals surface area contributed by atoms with Crippen LogP contribution in [-0.4, -0.2) is 58.3 Å². The molecule has 2 rings (SSSR count). The molecule has 166 valence electrons. The van der Waals surface area contributed by atoms with Gasteiger partial charge in [-0.1, -0.05) is 31.5 Å². The molecule has 0 unspecified atom stereocenters. The molecule has 0 heterocycles. The number of nitrogens with zero attached hydrogens (tertiary/aromatic N) is 2. The number of anilines is 1. The summed E-state index contributed by atoms with van der Waals surface area (Å²) >= 11 is 0. The topological polar surface area (TPSA) is 51.2 Å². The number of carbonyl (C=O) groups excluding carboxylic acids is 1. The summed E-state index contributed by atoms with van der Waals surface area (Å²) in [5.74, 6) is 1.28. The maximum atomic E-state index is 13.5. The molecule has 0 aliphatic heterocycles. The molecule has 0 aliphatic rings. The van der Waals surface area contributed by atoms with Crippen LogP contribution >= 0.6 is 12.4 Å². The van der Waals surface area contributed by atoms with Crippen molar-refractivity contribution in [1.82, 2.24) is 4.90 Å². The molecule has 0 N–H and O–H groups in total. The minimum Gasteiger partial charge on any atom is -0.493 e. The fraction of sp³-hybridized carbons (Fsp3) is 0.435. The monoisotopic (exact) mass is 436 g/mol. The summed E-state index contributed by atoms with van der Waals surface area (Å²) in [4.78, 5) is 17.6. The van der Waals surface area contributed by atoms with Crippen LogP contribution < -0.4 is 19.1 Å². The highest BCUT2D eigenvalue weighted by Crippen LogP contribution is 2.38. The van der Waals surface area contributed by atoms with Crippen LogP contribution in [0.4, 0.5) is 5.69 Å². The lowest BCUT2D eigenvalue weighted by atomic mass is 10.1. The van der Waals surface area contributed by atoms with E-state index < -0.39 is 0 Å². The van der Waals surface area contributed by atoms with Gasteiger partial charge in [0.1, 0.15) is 0 Å². The van der Waals surface area contributed by atoms with Crippen LogP contribution in [0, 0.1) is 6.92 Å². The molecule has 0 atom stereocenters. The summed E-state index contributed by atoms with van der Waals surface area (Å²) in [5.41, 5.74) is 2.50. The standard InChI is InChI=1S/C23H32N2O4.ClH/c1-7-24(8-2)13-14-25(19-11-9-17(3)10-12-19)23(26)18-15-20(27-4)22(29-6)21(16-18)28-5;/h9-12,15-16H,7-8,13-14H2,1-6H3;1H. The van der Waals surface area contributed by atoms with Gasteiger partial charge < -0.3 is 24.0 Å². The largest absolute Gasteiger partial charge is 0.493 e. The van der Waals surface area contributed by atoms with Gasteiger partial charge in [0.05, 0.1) is 21.3 Å². The second kappa shape index (κ2) is 12.3. The van der Waals surface area contributed by atoms with Gasteiger partial charge in [0.25, 0.3) is 5.91 Å². The van der Waals surface area contributed by atoms with Crippen molar-refractivity contribution >= 4 is 24.0 Å². The van der Waals surface area contributed by atoms with E-state index in [-0.39, 0.29) is 18.3 Å². The molecule has 1 amide bonds. The summed E-state index contributed by atoms with van der Waals surface area (Å²) < 4.78 is 16.2. The van der Waals surface area contributed by atoms with Crippen LogP contribution in [0.3, 0.4) is 0 Å². The number of ether oxygens (including phenoxy) is 3. The van der Waals surface area contributed by atoms with Crippen molar-refractivity contribution in [3.63, 3.8) is 0 Å². The maximum absolute atomic E-state index is 13.5. The number of benzene rings is 2. The Kier molecular flexibility index (Phi) is 10.5. The van der Waals surface area contributed by atoms with E-state index in [0.29, 0.717) is 29.4 Å². The normalized spacial score (nSPS) is 10.4. The molecule has 0 fully saturated rings. The second-order valence-corrected chi connectivity index (χ2v) is 6.73. The number of carbonyl (C=O) groups is 1. The molecule has 0 saturated heterocycles. The van der Waals surface area contributed by atoms with E-state index in [1.807, 2.05) is 31.2 Å². The van der Waals surface area contributed by atoms with Crippen molar-refractivity contribution in [3.8, 4) is 17.2 Å². The molecule has 0 radical (unpaired) electrons. The van der Waals surface area contributed by atoms with E-state index in [2.05, 4.69) is 18.7 Å². The average molecular weight is 437 g/mol. The van der Waals surface area contributed by atoms with Crippen molar-refractivity contribution in [2.24, 2.45) is 0 Å². The van der Waals surface area contributed by atoms with E-state index in [1.54, 1.807) is 38.4 Å². The van der Waals surface area contributed by atoms with Gasteiger partial charge >= 0.3 is 0 Å². The van der Waals surface area contributed by atoms with E-state index in [0.717, 1.165) is 30.9 Å². The zero-order valence-electron chi connectivity index (χ0n) is 18.7.